The van der Waals surface area contributed by atoms with Gasteiger partial charge in [0.15, 0.2) is 0 Å². The zero-order valence-electron chi connectivity index (χ0n) is 17.8. The van der Waals surface area contributed by atoms with Crippen molar-refractivity contribution in [1.82, 2.24) is 15.5 Å². The molecule has 166 valence electrons. The first-order valence-corrected chi connectivity index (χ1v) is 10.8. The molecule has 1 saturated heterocycles. The third-order valence-corrected chi connectivity index (χ3v) is 6.04. The van der Waals surface area contributed by atoms with Crippen LogP contribution < -0.4 is 16.0 Å². The fourth-order valence-electron chi connectivity index (χ4n) is 4.33. The molecule has 5 amide bonds. The van der Waals surface area contributed by atoms with Gasteiger partial charge in [-0.1, -0.05) is 30.3 Å². The molecule has 0 radical (unpaired) electrons. The van der Waals surface area contributed by atoms with Crippen LogP contribution in [0.4, 0.5) is 10.5 Å². The summed E-state index contributed by atoms with van der Waals surface area (Å²) in [4.78, 5) is 50.8. The van der Waals surface area contributed by atoms with E-state index >= 15 is 0 Å². The lowest BCUT2D eigenvalue weighted by Gasteiger charge is -2.33. The summed E-state index contributed by atoms with van der Waals surface area (Å²) in [5, 5.41) is 10.1. The maximum absolute atomic E-state index is 12.8. The van der Waals surface area contributed by atoms with Crippen molar-refractivity contribution in [1.29, 1.82) is 0 Å². The van der Waals surface area contributed by atoms with Gasteiger partial charge in [0.1, 0.15) is 0 Å². The molecule has 8 heteroatoms. The first kappa shape index (κ1) is 20.7. The fraction of sp³-hybridized carbons (Fsp3) is 0.200. The molecule has 1 fully saturated rings. The first-order valence-electron chi connectivity index (χ1n) is 10.8. The van der Waals surface area contributed by atoms with Gasteiger partial charge in [-0.15, -0.1) is 0 Å². The van der Waals surface area contributed by atoms with Gasteiger partial charge in [0.05, 0.1) is 11.1 Å². The van der Waals surface area contributed by atoms with E-state index in [0.717, 1.165) is 23.6 Å². The summed E-state index contributed by atoms with van der Waals surface area (Å²) in [5.41, 5.74) is 1.57. The molecular weight excluding hydrogens is 420 g/mol. The van der Waals surface area contributed by atoms with Crippen molar-refractivity contribution in [2.45, 2.75) is 18.9 Å². The Kier molecular flexibility index (Phi) is 5.26. The molecule has 3 N–H and O–H groups in total. The molecule has 33 heavy (non-hydrogen) atoms. The summed E-state index contributed by atoms with van der Waals surface area (Å²) in [6.45, 7) is 0.952. The van der Waals surface area contributed by atoms with Crippen molar-refractivity contribution in [3.63, 3.8) is 0 Å². The quantitative estimate of drug-likeness (QED) is 0.542. The maximum Gasteiger partial charge on any atom is 0.321 e. The molecule has 2 aliphatic heterocycles. The number of urea groups is 1. The molecule has 5 rings (SSSR count). The van der Waals surface area contributed by atoms with E-state index in [4.69, 9.17) is 0 Å². The van der Waals surface area contributed by atoms with Crippen LogP contribution in [0.5, 0.6) is 0 Å². The second-order valence-corrected chi connectivity index (χ2v) is 8.29. The van der Waals surface area contributed by atoms with Gasteiger partial charge in [0.25, 0.3) is 17.7 Å². The number of piperidine rings is 1. The number of benzene rings is 3. The van der Waals surface area contributed by atoms with E-state index in [9.17, 15) is 19.2 Å². The summed E-state index contributed by atoms with van der Waals surface area (Å²) < 4.78 is 0. The van der Waals surface area contributed by atoms with Gasteiger partial charge in [0, 0.05) is 30.4 Å². The number of hydrogen-bond acceptors (Lipinski definition) is 4. The summed E-state index contributed by atoms with van der Waals surface area (Å²) in [6.07, 6.45) is 1.54. The number of anilines is 1. The Morgan fingerprint density at radius 3 is 2.55 bits per heavy atom. The molecule has 0 aliphatic carbocycles. The average Bonchev–Trinajstić information content (AvgIpc) is 3.11. The SMILES string of the molecule is O=C(NC1CCCN(C(=O)Nc2ccc3c(c2)C(=O)NC3=O)C1)c1ccc2ccccc2c1. The van der Waals surface area contributed by atoms with Crippen LogP contribution in [0.2, 0.25) is 0 Å². The second kappa shape index (κ2) is 8.38. The molecule has 0 bridgehead atoms. The highest BCUT2D eigenvalue weighted by atomic mass is 16.2. The van der Waals surface area contributed by atoms with Crippen molar-refractivity contribution in [3.05, 3.63) is 77.4 Å². The number of carbonyl (C=O) groups excluding carboxylic acids is 4. The van der Waals surface area contributed by atoms with E-state index in [-0.39, 0.29) is 23.5 Å². The number of amides is 5. The van der Waals surface area contributed by atoms with Gasteiger partial charge in [-0.2, -0.15) is 0 Å². The molecule has 2 aliphatic rings. The fourth-order valence-corrected chi connectivity index (χ4v) is 4.33. The monoisotopic (exact) mass is 442 g/mol. The number of rotatable bonds is 3. The molecule has 0 saturated carbocycles. The van der Waals surface area contributed by atoms with Crippen LogP contribution in [0.15, 0.2) is 60.7 Å². The van der Waals surface area contributed by atoms with E-state index in [1.54, 1.807) is 17.0 Å². The third-order valence-electron chi connectivity index (χ3n) is 6.04. The van der Waals surface area contributed by atoms with Gasteiger partial charge >= 0.3 is 6.03 Å². The van der Waals surface area contributed by atoms with Gasteiger partial charge in [-0.05, 0) is 53.9 Å². The van der Waals surface area contributed by atoms with Crippen LogP contribution in [0.1, 0.15) is 43.9 Å². The molecule has 3 aromatic carbocycles. The van der Waals surface area contributed by atoms with E-state index in [1.807, 2.05) is 36.4 Å². The van der Waals surface area contributed by atoms with E-state index in [1.165, 1.54) is 12.1 Å². The van der Waals surface area contributed by atoms with Crippen molar-refractivity contribution in [2.24, 2.45) is 0 Å². The lowest BCUT2D eigenvalue weighted by atomic mass is 10.0. The summed E-state index contributed by atoms with van der Waals surface area (Å²) in [5.74, 6) is -1.07. The molecule has 8 nitrogen and oxygen atoms in total. The van der Waals surface area contributed by atoms with Crippen LogP contribution in [0.25, 0.3) is 10.8 Å². The normalized spacial score (nSPS) is 17.5. The number of fused-ring (bicyclic) bond motifs is 2. The van der Waals surface area contributed by atoms with Crippen molar-refractivity contribution in [2.75, 3.05) is 18.4 Å². The van der Waals surface area contributed by atoms with E-state index in [0.29, 0.717) is 29.9 Å². The third kappa shape index (κ3) is 4.15. The van der Waals surface area contributed by atoms with Crippen LogP contribution in [0.3, 0.4) is 0 Å². The Morgan fingerprint density at radius 1 is 0.909 bits per heavy atom. The highest BCUT2D eigenvalue weighted by molar-refractivity contribution is 6.22. The Morgan fingerprint density at radius 2 is 1.70 bits per heavy atom. The second-order valence-electron chi connectivity index (χ2n) is 8.29. The lowest BCUT2D eigenvalue weighted by molar-refractivity contribution is 0.0876. The number of imide groups is 1. The number of carbonyl (C=O) groups is 4. The molecule has 1 atom stereocenters. The van der Waals surface area contributed by atoms with Crippen LogP contribution in [-0.4, -0.2) is 47.8 Å². The highest BCUT2D eigenvalue weighted by Crippen LogP contribution is 2.21. The molecule has 0 spiro atoms. The van der Waals surface area contributed by atoms with E-state index in [2.05, 4.69) is 16.0 Å². The van der Waals surface area contributed by atoms with Crippen molar-refractivity contribution in [3.8, 4) is 0 Å². The standard InChI is InChI=1S/C25H22N4O4/c30-22(17-8-7-15-4-1-2-5-16(15)12-17)26-19-6-3-11-29(14-19)25(33)27-18-9-10-20-21(13-18)24(32)28-23(20)31/h1-2,4-5,7-10,12-13,19H,3,6,11,14H2,(H,26,30)(H,27,33)(H,28,31,32). The van der Waals surface area contributed by atoms with Crippen LogP contribution in [-0.2, 0) is 0 Å². The smallest absolute Gasteiger partial charge is 0.321 e. The summed E-state index contributed by atoms with van der Waals surface area (Å²) in [6, 6.07) is 17.6. The average molecular weight is 442 g/mol. The van der Waals surface area contributed by atoms with Crippen molar-refractivity contribution >= 4 is 40.2 Å². The molecular formula is C25H22N4O4. The molecule has 1 unspecified atom stereocenters. The minimum absolute atomic E-state index is 0.160. The highest BCUT2D eigenvalue weighted by Gasteiger charge is 2.28. The number of hydrogen-bond donors (Lipinski definition) is 3. The van der Waals surface area contributed by atoms with Gasteiger partial charge in [0.2, 0.25) is 0 Å². The summed E-state index contributed by atoms with van der Waals surface area (Å²) >= 11 is 0. The first-order chi connectivity index (χ1) is 16.0. The largest absolute Gasteiger partial charge is 0.348 e. The van der Waals surface area contributed by atoms with Crippen LogP contribution >= 0.6 is 0 Å². The van der Waals surface area contributed by atoms with Crippen molar-refractivity contribution < 1.29 is 19.2 Å². The Balaban J connectivity index is 1.22. The van der Waals surface area contributed by atoms with Gasteiger partial charge in [-0.3, -0.25) is 19.7 Å². The minimum atomic E-state index is -0.472. The zero-order chi connectivity index (χ0) is 22.9. The Bertz CT molecular complexity index is 1300. The van der Waals surface area contributed by atoms with Crippen LogP contribution in [0, 0.1) is 0 Å². The maximum atomic E-state index is 12.8. The predicted molar refractivity (Wildman–Crippen MR) is 123 cm³/mol. The number of likely N-dealkylation sites (tertiary alicyclic amines) is 1. The van der Waals surface area contributed by atoms with Gasteiger partial charge in [-0.25, -0.2) is 4.79 Å². The lowest BCUT2D eigenvalue weighted by Crippen LogP contribution is -2.50. The summed E-state index contributed by atoms with van der Waals surface area (Å²) in [7, 11) is 0. The molecule has 0 aromatic heterocycles. The zero-order valence-corrected chi connectivity index (χ0v) is 17.8. The number of nitrogens with zero attached hydrogens (tertiary/aromatic N) is 1. The molecule has 3 aromatic rings. The molecule has 2 heterocycles. The minimum Gasteiger partial charge on any atom is -0.348 e. The van der Waals surface area contributed by atoms with E-state index < -0.39 is 11.8 Å². The number of nitrogens with one attached hydrogen (secondary N) is 3. The Hall–Kier alpha value is -4.20. The van der Waals surface area contributed by atoms with Gasteiger partial charge < -0.3 is 15.5 Å². The Labute approximate surface area is 189 Å². The predicted octanol–water partition coefficient (Wildman–Crippen LogP) is 3.15. The topological polar surface area (TPSA) is 108 Å².